The van der Waals surface area contributed by atoms with Crippen molar-refractivity contribution in [3.8, 4) is 0 Å². The second kappa shape index (κ2) is 7.40. The number of hydrogen-bond donors (Lipinski definition) is 0. The van der Waals surface area contributed by atoms with Crippen LogP contribution in [0.1, 0.15) is 20.7 Å². The fourth-order valence-electron chi connectivity index (χ4n) is 2.34. The maximum atomic E-state index is 12.5. The van der Waals surface area contributed by atoms with E-state index in [2.05, 4.69) is 4.99 Å². The monoisotopic (exact) mass is 332 g/mol. The van der Waals surface area contributed by atoms with Crippen molar-refractivity contribution < 1.29 is 14.3 Å². The summed E-state index contributed by atoms with van der Waals surface area (Å²) in [5, 5.41) is 0. The van der Waals surface area contributed by atoms with E-state index in [0.29, 0.717) is 22.7 Å². The topological polar surface area (TPSA) is 59.0 Å². The third kappa shape index (κ3) is 3.72. The zero-order valence-corrected chi connectivity index (χ0v) is 13.6. The molecule has 0 fully saturated rings. The van der Waals surface area contributed by atoms with E-state index >= 15 is 0 Å². The number of hydrogen-bond acceptors (Lipinski definition) is 4. The van der Waals surface area contributed by atoms with Gasteiger partial charge in [-0.25, -0.2) is 9.89 Å². The Balaban J connectivity index is 1.83. The second-order valence-electron chi connectivity index (χ2n) is 5.27. The number of ether oxygens (including phenoxy) is 1. The molecule has 0 unspecified atom stereocenters. The average Bonchev–Trinajstić information content (AvgIpc) is 2.68. The maximum absolute atomic E-state index is 12.5. The van der Waals surface area contributed by atoms with E-state index in [4.69, 9.17) is 4.74 Å². The molecule has 0 saturated heterocycles. The summed E-state index contributed by atoms with van der Waals surface area (Å²) in [4.78, 5) is 30.3. The van der Waals surface area contributed by atoms with Gasteiger partial charge in [0.25, 0.3) is 5.91 Å². The molecule has 0 N–H and O–H groups in total. The summed E-state index contributed by atoms with van der Waals surface area (Å²) in [5.74, 6) is -0.121. The van der Waals surface area contributed by atoms with Crippen molar-refractivity contribution in [1.82, 2.24) is 4.90 Å². The second-order valence-corrected chi connectivity index (χ2v) is 5.27. The zero-order valence-electron chi connectivity index (χ0n) is 13.6. The Morgan fingerprint density at radius 2 is 1.56 bits per heavy atom. The van der Waals surface area contributed by atoms with Crippen LogP contribution in [0, 0.1) is 0 Å². The lowest BCUT2D eigenvalue weighted by atomic mass is 10.1. The van der Waals surface area contributed by atoms with Crippen LogP contribution in [0.2, 0.25) is 0 Å². The Bertz CT molecular complexity index is 868. The molecule has 0 radical (unpaired) electrons. The minimum Gasteiger partial charge on any atom is -0.482 e. The maximum Gasteiger partial charge on any atom is 0.265 e. The molecular formula is C20H16N2O3. The number of nitrogens with zero attached hydrogens (tertiary/aromatic N) is 2. The van der Waals surface area contributed by atoms with Gasteiger partial charge in [-0.15, -0.1) is 0 Å². The third-order valence-corrected chi connectivity index (χ3v) is 3.62. The van der Waals surface area contributed by atoms with E-state index in [0.717, 1.165) is 0 Å². The Labute approximate surface area is 145 Å². The van der Waals surface area contributed by atoms with Gasteiger partial charge in [0.15, 0.2) is 5.78 Å². The highest BCUT2D eigenvalue weighted by Gasteiger charge is 2.22. The van der Waals surface area contributed by atoms with Gasteiger partial charge in [0, 0.05) is 23.3 Å². The SMILES string of the molecule is COC1=CC(=CC(=O)c2ccccc2)N=CN1C(=O)c1ccccc1. The number of benzene rings is 2. The first kappa shape index (κ1) is 16.4. The van der Waals surface area contributed by atoms with Crippen molar-refractivity contribution in [1.29, 1.82) is 0 Å². The van der Waals surface area contributed by atoms with Crippen LogP contribution in [0.5, 0.6) is 0 Å². The van der Waals surface area contributed by atoms with Gasteiger partial charge in [-0.1, -0.05) is 48.5 Å². The number of carbonyl (C=O) groups excluding carboxylic acids is 2. The number of methoxy groups -OCH3 is 1. The summed E-state index contributed by atoms with van der Waals surface area (Å²) < 4.78 is 5.29. The van der Waals surface area contributed by atoms with Gasteiger partial charge in [-0.05, 0) is 12.1 Å². The minimum atomic E-state index is -0.258. The van der Waals surface area contributed by atoms with Crippen molar-refractivity contribution in [3.05, 3.63) is 95.5 Å². The van der Waals surface area contributed by atoms with Gasteiger partial charge in [0.2, 0.25) is 5.88 Å². The fourth-order valence-corrected chi connectivity index (χ4v) is 2.34. The van der Waals surface area contributed by atoms with Crippen molar-refractivity contribution in [2.75, 3.05) is 7.11 Å². The lowest BCUT2D eigenvalue weighted by Gasteiger charge is -2.22. The zero-order chi connectivity index (χ0) is 17.6. The molecule has 2 aromatic carbocycles. The van der Waals surface area contributed by atoms with Gasteiger partial charge in [0.1, 0.15) is 6.34 Å². The van der Waals surface area contributed by atoms with Crippen molar-refractivity contribution in [3.63, 3.8) is 0 Å². The van der Waals surface area contributed by atoms with E-state index in [1.807, 2.05) is 12.1 Å². The Morgan fingerprint density at radius 3 is 2.16 bits per heavy atom. The summed E-state index contributed by atoms with van der Waals surface area (Å²) in [5.41, 5.74) is 1.51. The highest BCUT2D eigenvalue weighted by molar-refractivity contribution is 6.06. The van der Waals surface area contributed by atoms with Crippen LogP contribution in [0.4, 0.5) is 0 Å². The van der Waals surface area contributed by atoms with Crippen LogP contribution in [0.25, 0.3) is 0 Å². The van der Waals surface area contributed by atoms with Crippen LogP contribution in [-0.2, 0) is 4.74 Å². The van der Waals surface area contributed by atoms with E-state index < -0.39 is 0 Å². The largest absolute Gasteiger partial charge is 0.482 e. The average molecular weight is 332 g/mol. The molecule has 1 aliphatic rings. The fraction of sp³-hybridized carbons (Fsp3) is 0.0500. The molecule has 25 heavy (non-hydrogen) atoms. The first-order valence-corrected chi connectivity index (χ1v) is 7.68. The van der Waals surface area contributed by atoms with Gasteiger partial charge in [0.05, 0.1) is 12.8 Å². The molecule has 0 saturated carbocycles. The summed E-state index contributed by atoms with van der Waals surface area (Å²) in [6, 6.07) is 17.8. The lowest BCUT2D eigenvalue weighted by Crippen LogP contribution is -2.31. The highest BCUT2D eigenvalue weighted by Crippen LogP contribution is 2.18. The van der Waals surface area contributed by atoms with E-state index in [9.17, 15) is 9.59 Å². The summed E-state index contributed by atoms with van der Waals surface area (Å²) >= 11 is 0. The number of allylic oxidation sites excluding steroid dienone is 2. The quantitative estimate of drug-likeness (QED) is 0.637. The van der Waals surface area contributed by atoms with Crippen molar-refractivity contribution >= 4 is 18.0 Å². The van der Waals surface area contributed by atoms with Gasteiger partial charge in [-0.2, -0.15) is 0 Å². The first-order valence-electron chi connectivity index (χ1n) is 7.68. The summed E-state index contributed by atoms with van der Waals surface area (Å²) in [7, 11) is 1.47. The molecule has 0 spiro atoms. The number of amides is 1. The molecule has 0 bridgehead atoms. The molecule has 0 aliphatic carbocycles. The molecule has 5 nitrogen and oxygen atoms in total. The van der Waals surface area contributed by atoms with Gasteiger partial charge >= 0.3 is 0 Å². The number of rotatable bonds is 4. The molecule has 5 heteroatoms. The number of carbonyl (C=O) groups is 2. The standard InChI is InChI=1S/C20H16N2O3/c1-25-19-13-17(12-18(23)15-8-4-2-5-9-15)21-14-22(19)20(24)16-10-6-3-7-11-16/h2-14H,1H3. The summed E-state index contributed by atoms with van der Waals surface area (Å²) in [6.45, 7) is 0. The minimum absolute atomic E-state index is 0.165. The Hall–Kier alpha value is -3.47. The van der Waals surface area contributed by atoms with Crippen molar-refractivity contribution in [2.45, 2.75) is 0 Å². The predicted octanol–water partition coefficient (Wildman–Crippen LogP) is 3.43. The molecule has 0 atom stereocenters. The smallest absolute Gasteiger partial charge is 0.265 e. The van der Waals surface area contributed by atoms with Crippen LogP contribution in [0.15, 0.2) is 89.4 Å². The van der Waals surface area contributed by atoms with E-state index in [1.165, 1.54) is 24.4 Å². The molecule has 2 aromatic rings. The van der Waals surface area contributed by atoms with Crippen molar-refractivity contribution in [2.24, 2.45) is 4.99 Å². The molecule has 124 valence electrons. The predicted molar refractivity (Wildman–Crippen MR) is 95.1 cm³/mol. The summed E-state index contributed by atoms with van der Waals surface area (Å²) in [6.07, 6.45) is 4.33. The van der Waals surface area contributed by atoms with Crippen LogP contribution in [-0.4, -0.2) is 30.0 Å². The van der Waals surface area contributed by atoms with Gasteiger partial charge < -0.3 is 4.74 Å². The van der Waals surface area contributed by atoms with Crippen LogP contribution < -0.4 is 0 Å². The molecule has 3 rings (SSSR count). The molecule has 1 amide bonds. The van der Waals surface area contributed by atoms with E-state index in [-0.39, 0.29) is 11.7 Å². The number of ketones is 1. The Morgan fingerprint density at radius 1 is 0.960 bits per heavy atom. The molecule has 1 heterocycles. The Kier molecular flexibility index (Phi) is 4.85. The highest BCUT2D eigenvalue weighted by atomic mass is 16.5. The van der Waals surface area contributed by atoms with Crippen LogP contribution in [0.3, 0.4) is 0 Å². The lowest BCUT2D eigenvalue weighted by molar-refractivity contribution is 0.0806. The molecular weight excluding hydrogens is 316 g/mol. The van der Waals surface area contributed by atoms with Gasteiger partial charge in [-0.3, -0.25) is 9.59 Å². The van der Waals surface area contributed by atoms with Crippen LogP contribution >= 0.6 is 0 Å². The number of aliphatic imine (C=N–C) groups is 1. The van der Waals surface area contributed by atoms with E-state index in [1.54, 1.807) is 54.6 Å². The first-order chi connectivity index (χ1) is 12.2. The molecule has 0 aromatic heterocycles. The third-order valence-electron chi connectivity index (χ3n) is 3.62. The molecule has 1 aliphatic heterocycles. The normalized spacial score (nSPS) is 15.0.